The van der Waals surface area contributed by atoms with Gasteiger partial charge in [0.1, 0.15) is 5.75 Å². The molecule has 1 saturated heterocycles. The van der Waals surface area contributed by atoms with Gasteiger partial charge in [-0.2, -0.15) is 0 Å². The van der Waals surface area contributed by atoms with E-state index in [2.05, 4.69) is 17.6 Å². The topological polar surface area (TPSA) is 30.5 Å². The third-order valence-corrected chi connectivity index (χ3v) is 3.55. The molecule has 1 aliphatic heterocycles. The lowest BCUT2D eigenvalue weighted by Crippen LogP contribution is -2.33. The summed E-state index contributed by atoms with van der Waals surface area (Å²) in [6.45, 7) is 2.59. The summed E-state index contributed by atoms with van der Waals surface area (Å²) in [7, 11) is 1.71. The van der Waals surface area contributed by atoms with Crippen LogP contribution < -0.4 is 10.1 Å². The lowest BCUT2D eigenvalue weighted by atomic mass is 10.1. The van der Waals surface area contributed by atoms with Crippen molar-refractivity contribution >= 4 is 11.8 Å². The molecule has 3 nitrogen and oxygen atoms in total. The van der Waals surface area contributed by atoms with Gasteiger partial charge in [-0.25, -0.2) is 0 Å². The van der Waals surface area contributed by atoms with Gasteiger partial charge >= 0.3 is 0 Å². The molecule has 1 aromatic rings. The molecular weight excluding hydrogens is 222 g/mol. The maximum Gasteiger partial charge on any atom is 0.132 e. The minimum absolute atomic E-state index is 0.145. The molecule has 1 unspecified atom stereocenters. The number of thioether (sulfide) groups is 1. The number of rotatable bonds is 3. The van der Waals surface area contributed by atoms with Gasteiger partial charge in [0.25, 0.3) is 0 Å². The Morgan fingerprint density at radius 1 is 1.50 bits per heavy atom. The smallest absolute Gasteiger partial charge is 0.132 e. The second kappa shape index (κ2) is 5.57. The Kier molecular flexibility index (Phi) is 4.09. The van der Waals surface area contributed by atoms with Crippen molar-refractivity contribution in [1.82, 2.24) is 5.32 Å². The van der Waals surface area contributed by atoms with E-state index in [-0.39, 0.29) is 6.10 Å². The van der Waals surface area contributed by atoms with Crippen LogP contribution in [0.3, 0.4) is 0 Å². The SMILES string of the molecule is COc1cccc(C2CNCCO2)c1SC. The van der Waals surface area contributed by atoms with E-state index in [4.69, 9.17) is 9.47 Å². The van der Waals surface area contributed by atoms with Gasteiger partial charge in [-0.15, -0.1) is 11.8 Å². The highest BCUT2D eigenvalue weighted by Gasteiger charge is 2.20. The van der Waals surface area contributed by atoms with Gasteiger partial charge in [-0.05, 0) is 17.9 Å². The van der Waals surface area contributed by atoms with Crippen molar-refractivity contribution in [3.63, 3.8) is 0 Å². The molecule has 4 heteroatoms. The monoisotopic (exact) mass is 239 g/mol. The number of hydrogen-bond donors (Lipinski definition) is 1. The van der Waals surface area contributed by atoms with Crippen LogP contribution in [0.4, 0.5) is 0 Å². The fourth-order valence-corrected chi connectivity index (χ4v) is 2.72. The summed E-state index contributed by atoms with van der Waals surface area (Å²) in [4.78, 5) is 1.18. The maximum atomic E-state index is 5.77. The van der Waals surface area contributed by atoms with E-state index in [0.717, 1.165) is 25.4 Å². The molecule has 0 spiro atoms. The molecule has 0 aliphatic carbocycles. The molecule has 0 aromatic heterocycles. The van der Waals surface area contributed by atoms with Crippen LogP contribution in [0.25, 0.3) is 0 Å². The lowest BCUT2D eigenvalue weighted by molar-refractivity contribution is 0.0259. The highest BCUT2D eigenvalue weighted by Crippen LogP contribution is 2.35. The van der Waals surface area contributed by atoms with Crippen molar-refractivity contribution in [3.8, 4) is 5.75 Å². The fraction of sp³-hybridized carbons (Fsp3) is 0.500. The quantitative estimate of drug-likeness (QED) is 0.818. The summed E-state index contributed by atoms with van der Waals surface area (Å²) >= 11 is 1.71. The summed E-state index contributed by atoms with van der Waals surface area (Å²) in [5.74, 6) is 0.930. The van der Waals surface area contributed by atoms with Gasteiger partial charge in [0, 0.05) is 13.1 Å². The van der Waals surface area contributed by atoms with Crippen LogP contribution in [-0.2, 0) is 4.74 Å². The van der Waals surface area contributed by atoms with Crippen molar-refractivity contribution in [2.45, 2.75) is 11.0 Å². The zero-order valence-corrected chi connectivity index (χ0v) is 10.5. The van der Waals surface area contributed by atoms with Gasteiger partial charge in [0.05, 0.1) is 24.7 Å². The fourth-order valence-electron chi connectivity index (χ4n) is 1.93. The minimum Gasteiger partial charge on any atom is -0.496 e. The third-order valence-electron chi connectivity index (χ3n) is 2.71. The minimum atomic E-state index is 0.145. The van der Waals surface area contributed by atoms with E-state index in [1.54, 1.807) is 18.9 Å². The second-order valence-corrected chi connectivity index (χ2v) is 4.46. The largest absolute Gasteiger partial charge is 0.496 e. The van der Waals surface area contributed by atoms with Gasteiger partial charge in [0.2, 0.25) is 0 Å². The molecule has 0 bridgehead atoms. The lowest BCUT2D eigenvalue weighted by Gasteiger charge is -2.26. The Bertz CT molecular complexity index is 351. The summed E-state index contributed by atoms with van der Waals surface area (Å²) in [6, 6.07) is 6.13. The second-order valence-electron chi connectivity index (χ2n) is 3.65. The first kappa shape index (κ1) is 11.8. The van der Waals surface area contributed by atoms with Crippen molar-refractivity contribution < 1.29 is 9.47 Å². The Balaban J connectivity index is 2.30. The molecule has 1 fully saturated rings. The number of ether oxygens (including phenoxy) is 2. The van der Waals surface area contributed by atoms with Crippen LogP contribution in [0, 0.1) is 0 Å². The predicted octanol–water partition coefficient (Wildman–Crippen LogP) is 2.08. The van der Waals surface area contributed by atoms with Crippen LogP contribution >= 0.6 is 11.8 Å². The van der Waals surface area contributed by atoms with E-state index in [1.807, 2.05) is 12.1 Å². The molecule has 2 rings (SSSR count). The summed E-state index contributed by atoms with van der Waals surface area (Å²) in [6.07, 6.45) is 2.21. The molecule has 88 valence electrons. The van der Waals surface area contributed by atoms with Crippen molar-refractivity contribution in [3.05, 3.63) is 23.8 Å². The molecular formula is C12H17NO2S. The zero-order chi connectivity index (χ0) is 11.4. The van der Waals surface area contributed by atoms with Crippen molar-refractivity contribution in [2.24, 2.45) is 0 Å². The maximum absolute atomic E-state index is 5.77. The number of hydrogen-bond acceptors (Lipinski definition) is 4. The van der Waals surface area contributed by atoms with E-state index in [9.17, 15) is 0 Å². The Hall–Kier alpha value is -0.710. The Morgan fingerprint density at radius 2 is 2.38 bits per heavy atom. The molecule has 1 N–H and O–H groups in total. The van der Waals surface area contributed by atoms with Gasteiger partial charge < -0.3 is 14.8 Å². The highest BCUT2D eigenvalue weighted by molar-refractivity contribution is 7.98. The summed E-state index contributed by atoms with van der Waals surface area (Å²) in [5.41, 5.74) is 1.22. The first-order valence-corrected chi connectivity index (χ1v) is 6.62. The number of nitrogens with one attached hydrogen (secondary N) is 1. The van der Waals surface area contributed by atoms with E-state index < -0.39 is 0 Å². The van der Waals surface area contributed by atoms with Crippen molar-refractivity contribution in [2.75, 3.05) is 33.1 Å². The van der Waals surface area contributed by atoms with E-state index >= 15 is 0 Å². The first-order valence-electron chi connectivity index (χ1n) is 5.40. The molecule has 1 aromatic carbocycles. The van der Waals surface area contributed by atoms with Crippen LogP contribution in [0.15, 0.2) is 23.1 Å². The molecule has 0 amide bonds. The van der Waals surface area contributed by atoms with Crippen LogP contribution in [-0.4, -0.2) is 33.1 Å². The molecule has 1 heterocycles. The molecule has 1 atom stereocenters. The Morgan fingerprint density at radius 3 is 3.00 bits per heavy atom. The molecule has 0 saturated carbocycles. The molecule has 0 radical (unpaired) electrons. The third kappa shape index (κ3) is 2.34. The van der Waals surface area contributed by atoms with Crippen LogP contribution in [0.1, 0.15) is 11.7 Å². The van der Waals surface area contributed by atoms with Crippen LogP contribution in [0.2, 0.25) is 0 Å². The summed E-state index contributed by atoms with van der Waals surface area (Å²) in [5, 5.41) is 3.35. The molecule has 16 heavy (non-hydrogen) atoms. The predicted molar refractivity (Wildman–Crippen MR) is 66.3 cm³/mol. The average molecular weight is 239 g/mol. The number of benzene rings is 1. The van der Waals surface area contributed by atoms with Gasteiger partial charge in [0.15, 0.2) is 0 Å². The number of methoxy groups -OCH3 is 1. The summed E-state index contributed by atoms with van der Waals surface area (Å²) < 4.78 is 11.1. The Labute approximate surface area is 101 Å². The highest BCUT2D eigenvalue weighted by atomic mass is 32.2. The van der Waals surface area contributed by atoms with E-state index in [0.29, 0.717) is 0 Å². The standard InChI is InChI=1S/C12H17NO2S/c1-14-10-5-3-4-9(12(10)16-2)11-8-13-6-7-15-11/h3-5,11,13H,6-8H2,1-2H3. The van der Waals surface area contributed by atoms with Crippen LogP contribution in [0.5, 0.6) is 5.75 Å². The van der Waals surface area contributed by atoms with E-state index in [1.165, 1.54) is 10.5 Å². The average Bonchev–Trinajstić information content (AvgIpc) is 2.38. The van der Waals surface area contributed by atoms with Gasteiger partial charge in [-0.3, -0.25) is 0 Å². The zero-order valence-electron chi connectivity index (χ0n) is 9.66. The normalized spacial score (nSPS) is 20.8. The molecule has 1 aliphatic rings. The first-order chi connectivity index (χ1) is 7.86. The number of morpholine rings is 1. The van der Waals surface area contributed by atoms with Crippen molar-refractivity contribution in [1.29, 1.82) is 0 Å². The van der Waals surface area contributed by atoms with Gasteiger partial charge in [-0.1, -0.05) is 12.1 Å².